The third kappa shape index (κ3) is 6.49. The average molecular weight is 487 g/mol. The molecule has 0 saturated heterocycles. The maximum atomic E-state index is 12.4. The third-order valence-corrected chi connectivity index (χ3v) is 4.66. The zero-order valence-corrected chi connectivity index (χ0v) is 18.7. The topological polar surface area (TPSA) is 93.0 Å². The molecule has 1 N–H and O–H groups in total. The SMILES string of the molecule is COc1ccc(-c2nc(C#Cc3ccc(C#N)cc3)nc(Nc3ccc(OC(F)(F)F)cc3)n2)cc1. The Morgan fingerprint density at radius 2 is 1.42 bits per heavy atom. The normalized spacial score (nSPS) is 10.5. The summed E-state index contributed by atoms with van der Waals surface area (Å²) in [7, 11) is 1.56. The summed E-state index contributed by atoms with van der Waals surface area (Å²) < 4.78 is 46.3. The molecule has 0 aliphatic carbocycles. The molecule has 0 atom stereocenters. The summed E-state index contributed by atoms with van der Waals surface area (Å²) >= 11 is 0. The van der Waals surface area contributed by atoms with E-state index in [9.17, 15) is 13.2 Å². The summed E-state index contributed by atoms with van der Waals surface area (Å²) in [4.78, 5) is 13.2. The van der Waals surface area contributed by atoms with Gasteiger partial charge in [-0.15, -0.1) is 13.2 Å². The zero-order valence-electron chi connectivity index (χ0n) is 18.7. The quantitative estimate of drug-likeness (QED) is 0.374. The molecule has 36 heavy (non-hydrogen) atoms. The Labute approximate surface area is 204 Å². The van der Waals surface area contributed by atoms with Gasteiger partial charge in [0.1, 0.15) is 11.5 Å². The summed E-state index contributed by atoms with van der Waals surface area (Å²) in [6.07, 6.45) is -4.78. The molecule has 10 heteroatoms. The van der Waals surface area contributed by atoms with Crippen molar-refractivity contribution in [2.45, 2.75) is 6.36 Å². The second-order valence-corrected chi connectivity index (χ2v) is 7.17. The second kappa shape index (κ2) is 10.5. The molecule has 0 bridgehead atoms. The van der Waals surface area contributed by atoms with Gasteiger partial charge in [0, 0.05) is 16.8 Å². The fourth-order valence-electron chi connectivity index (χ4n) is 2.98. The van der Waals surface area contributed by atoms with Gasteiger partial charge in [-0.25, -0.2) is 4.98 Å². The molecule has 3 aromatic carbocycles. The Bertz CT molecular complexity index is 1450. The van der Waals surface area contributed by atoms with Gasteiger partial charge in [-0.05, 0) is 78.7 Å². The van der Waals surface area contributed by atoms with Gasteiger partial charge < -0.3 is 14.8 Å². The number of benzene rings is 3. The number of methoxy groups -OCH3 is 1. The number of hydrogen-bond acceptors (Lipinski definition) is 7. The molecule has 4 rings (SSSR count). The van der Waals surface area contributed by atoms with E-state index in [1.54, 1.807) is 55.6 Å². The van der Waals surface area contributed by atoms with Gasteiger partial charge in [-0.1, -0.05) is 5.92 Å². The summed E-state index contributed by atoms with van der Waals surface area (Å²) in [5, 5.41) is 11.9. The van der Waals surface area contributed by atoms with Gasteiger partial charge in [0.25, 0.3) is 0 Å². The van der Waals surface area contributed by atoms with E-state index in [4.69, 9.17) is 10.00 Å². The molecule has 0 aliphatic rings. The summed E-state index contributed by atoms with van der Waals surface area (Å²) in [5.74, 6) is 6.78. The molecule has 1 heterocycles. The van der Waals surface area contributed by atoms with E-state index in [0.29, 0.717) is 34.0 Å². The molecule has 7 nitrogen and oxygen atoms in total. The highest BCUT2D eigenvalue weighted by molar-refractivity contribution is 5.61. The lowest BCUT2D eigenvalue weighted by atomic mass is 10.1. The molecule has 0 radical (unpaired) electrons. The minimum absolute atomic E-state index is 0.143. The first-order valence-electron chi connectivity index (χ1n) is 10.4. The average Bonchev–Trinajstić information content (AvgIpc) is 2.88. The van der Waals surface area contributed by atoms with Crippen LogP contribution in [-0.4, -0.2) is 28.4 Å². The van der Waals surface area contributed by atoms with E-state index >= 15 is 0 Å². The Morgan fingerprint density at radius 1 is 0.778 bits per heavy atom. The molecule has 0 fully saturated rings. The number of ether oxygens (including phenoxy) is 2. The van der Waals surface area contributed by atoms with Crippen LogP contribution in [0.25, 0.3) is 11.4 Å². The largest absolute Gasteiger partial charge is 0.573 e. The van der Waals surface area contributed by atoms with Crippen molar-refractivity contribution in [1.29, 1.82) is 5.26 Å². The summed E-state index contributed by atoms with van der Waals surface area (Å²) in [6.45, 7) is 0. The van der Waals surface area contributed by atoms with Crippen molar-refractivity contribution in [3.8, 4) is 40.8 Å². The molecule has 4 aromatic rings. The molecule has 0 unspecified atom stereocenters. The number of nitriles is 1. The lowest BCUT2D eigenvalue weighted by Gasteiger charge is -2.10. The van der Waals surface area contributed by atoms with Crippen molar-refractivity contribution in [3.63, 3.8) is 0 Å². The van der Waals surface area contributed by atoms with E-state index in [0.717, 1.165) is 0 Å². The first kappa shape index (κ1) is 24.0. The van der Waals surface area contributed by atoms with Crippen molar-refractivity contribution >= 4 is 11.6 Å². The Morgan fingerprint density at radius 3 is 2.03 bits per heavy atom. The van der Waals surface area contributed by atoms with E-state index < -0.39 is 6.36 Å². The lowest BCUT2D eigenvalue weighted by molar-refractivity contribution is -0.274. The van der Waals surface area contributed by atoms with Gasteiger partial charge in [-0.3, -0.25) is 0 Å². The highest BCUT2D eigenvalue weighted by Gasteiger charge is 2.30. The van der Waals surface area contributed by atoms with E-state index in [2.05, 4.69) is 36.8 Å². The van der Waals surface area contributed by atoms with Crippen LogP contribution in [0.15, 0.2) is 72.8 Å². The van der Waals surface area contributed by atoms with Crippen LogP contribution >= 0.6 is 0 Å². The number of alkyl halides is 3. The number of nitrogens with zero attached hydrogens (tertiary/aromatic N) is 4. The van der Waals surface area contributed by atoms with Crippen molar-refractivity contribution < 1.29 is 22.6 Å². The fraction of sp³-hybridized carbons (Fsp3) is 0.0769. The molecule has 178 valence electrons. The molecule has 0 saturated carbocycles. The van der Waals surface area contributed by atoms with Crippen LogP contribution < -0.4 is 14.8 Å². The number of hydrogen-bond donors (Lipinski definition) is 1. The maximum absolute atomic E-state index is 12.4. The summed E-state index contributed by atoms with van der Waals surface area (Å²) in [5.41, 5.74) is 2.29. The van der Waals surface area contributed by atoms with Gasteiger partial charge in [0.2, 0.25) is 11.8 Å². The molecule has 0 amide bonds. The van der Waals surface area contributed by atoms with Crippen LogP contribution in [0.3, 0.4) is 0 Å². The number of anilines is 2. The van der Waals surface area contributed by atoms with Crippen molar-refractivity contribution in [2.75, 3.05) is 12.4 Å². The fourth-order valence-corrected chi connectivity index (χ4v) is 2.98. The first-order chi connectivity index (χ1) is 17.3. The zero-order chi connectivity index (χ0) is 25.5. The van der Waals surface area contributed by atoms with Crippen LogP contribution in [-0.2, 0) is 0 Å². The number of rotatable bonds is 5. The predicted octanol–water partition coefficient (Wildman–Crippen LogP) is 5.46. The number of nitrogens with one attached hydrogen (secondary N) is 1. The smallest absolute Gasteiger partial charge is 0.497 e. The van der Waals surface area contributed by atoms with Gasteiger partial charge in [0.15, 0.2) is 5.82 Å². The third-order valence-electron chi connectivity index (χ3n) is 4.66. The minimum atomic E-state index is -4.78. The van der Waals surface area contributed by atoms with Crippen molar-refractivity contribution in [2.24, 2.45) is 0 Å². The number of aromatic nitrogens is 3. The standard InChI is InChI=1S/C26H16F3N5O2/c1-35-21-11-7-19(8-12-21)24-32-23(15-6-17-2-4-18(16-30)5-3-17)33-25(34-24)31-20-9-13-22(14-10-20)36-26(27,28)29/h2-5,7-14H,1H3,(H,31,32,33,34). The predicted molar refractivity (Wildman–Crippen MR) is 125 cm³/mol. The highest BCUT2D eigenvalue weighted by atomic mass is 19.4. The van der Waals surface area contributed by atoms with Crippen LogP contribution in [0, 0.1) is 23.2 Å². The van der Waals surface area contributed by atoms with Gasteiger partial charge in [0.05, 0.1) is 18.7 Å². The van der Waals surface area contributed by atoms with Gasteiger partial charge >= 0.3 is 6.36 Å². The van der Waals surface area contributed by atoms with E-state index in [1.165, 1.54) is 24.3 Å². The Kier molecular flexibility index (Phi) is 6.98. The van der Waals surface area contributed by atoms with Crippen molar-refractivity contribution in [3.05, 3.63) is 89.7 Å². The molecule has 0 spiro atoms. The van der Waals surface area contributed by atoms with Crippen LogP contribution in [0.4, 0.5) is 24.8 Å². The molecule has 1 aromatic heterocycles. The van der Waals surface area contributed by atoms with Crippen LogP contribution in [0.1, 0.15) is 17.0 Å². The molecular weight excluding hydrogens is 471 g/mol. The lowest BCUT2D eigenvalue weighted by Crippen LogP contribution is -2.17. The first-order valence-corrected chi connectivity index (χ1v) is 10.4. The molecular formula is C26H16F3N5O2. The number of halogens is 3. The Balaban J connectivity index is 1.66. The highest BCUT2D eigenvalue weighted by Crippen LogP contribution is 2.25. The monoisotopic (exact) mass is 487 g/mol. The minimum Gasteiger partial charge on any atom is -0.497 e. The van der Waals surface area contributed by atoms with Crippen LogP contribution in [0.2, 0.25) is 0 Å². The second-order valence-electron chi connectivity index (χ2n) is 7.17. The van der Waals surface area contributed by atoms with E-state index in [1.807, 2.05) is 6.07 Å². The Hall–Kier alpha value is -5.09. The van der Waals surface area contributed by atoms with Crippen molar-refractivity contribution in [1.82, 2.24) is 15.0 Å². The molecule has 0 aliphatic heterocycles. The summed E-state index contributed by atoms with van der Waals surface area (Å²) in [6, 6.07) is 21.0. The maximum Gasteiger partial charge on any atom is 0.573 e. The van der Waals surface area contributed by atoms with Gasteiger partial charge in [-0.2, -0.15) is 15.2 Å². The van der Waals surface area contributed by atoms with E-state index in [-0.39, 0.29) is 17.5 Å². The van der Waals surface area contributed by atoms with Crippen LogP contribution in [0.5, 0.6) is 11.5 Å².